The van der Waals surface area contributed by atoms with Gasteiger partial charge in [0.05, 0.1) is 11.3 Å². The van der Waals surface area contributed by atoms with Crippen LogP contribution in [0.1, 0.15) is 35.3 Å². The largest absolute Gasteiger partial charge is 0.317 e. The van der Waals surface area contributed by atoms with Gasteiger partial charge in [0, 0.05) is 6.54 Å². The number of anilines is 1. The van der Waals surface area contributed by atoms with Crippen LogP contribution in [-0.4, -0.2) is 31.3 Å². The second-order valence-electron chi connectivity index (χ2n) is 5.56. The summed E-state index contributed by atoms with van der Waals surface area (Å²) in [6.07, 6.45) is 0. The molecule has 0 aromatic heterocycles. The van der Waals surface area contributed by atoms with Gasteiger partial charge in [-0.2, -0.15) is 0 Å². The number of aryl methyl sites for hydroxylation is 1. The number of fused-ring (bicyclic) bond motifs is 1. The zero-order valence-corrected chi connectivity index (χ0v) is 12.6. The molecule has 4 nitrogen and oxygen atoms in total. The number of nitrogens with one attached hydrogen (secondary N) is 1. The summed E-state index contributed by atoms with van der Waals surface area (Å²) in [7, 11) is 0. The maximum Gasteiger partial charge on any atom is 0.299 e. The van der Waals surface area contributed by atoms with Gasteiger partial charge in [-0.25, -0.2) is 0 Å². The number of Topliss-reactive ketones (excluding diaryl/α,β-unsaturated/α-hetero) is 1. The van der Waals surface area contributed by atoms with Gasteiger partial charge >= 0.3 is 0 Å². The molecule has 1 aromatic carbocycles. The monoisotopic (exact) mass is 274 g/mol. The molecule has 0 spiro atoms. The average molecular weight is 274 g/mol. The van der Waals surface area contributed by atoms with E-state index < -0.39 is 5.91 Å². The number of amides is 1. The van der Waals surface area contributed by atoms with Gasteiger partial charge in [-0.05, 0) is 50.0 Å². The molecule has 20 heavy (non-hydrogen) atoms. The van der Waals surface area contributed by atoms with Crippen LogP contribution in [0.3, 0.4) is 0 Å². The lowest BCUT2D eigenvalue weighted by atomic mass is 10.0. The maximum absolute atomic E-state index is 12.2. The topological polar surface area (TPSA) is 49.4 Å². The predicted molar refractivity (Wildman–Crippen MR) is 80.3 cm³/mol. The van der Waals surface area contributed by atoms with Crippen LogP contribution in [-0.2, 0) is 4.79 Å². The SMILES string of the molecule is CCNCC(C)CN1C(=O)C(=O)c2ccc(C)c(C)c21. The molecule has 0 radical (unpaired) electrons. The lowest BCUT2D eigenvalue weighted by Crippen LogP contribution is -2.37. The van der Waals surface area contributed by atoms with E-state index >= 15 is 0 Å². The zero-order chi connectivity index (χ0) is 14.9. The van der Waals surface area contributed by atoms with Gasteiger partial charge in [0.25, 0.3) is 11.7 Å². The molecular weight excluding hydrogens is 252 g/mol. The van der Waals surface area contributed by atoms with Crippen LogP contribution >= 0.6 is 0 Å². The number of hydrogen-bond acceptors (Lipinski definition) is 3. The highest BCUT2D eigenvalue weighted by atomic mass is 16.2. The normalized spacial score (nSPS) is 15.7. The molecule has 4 heteroatoms. The number of nitrogens with zero attached hydrogens (tertiary/aromatic N) is 1. The minimum Gasteiger partial charge on any atom is -0.317 e. The number of benzene rings is 1. The smallest absolute Gasteiger partial charge is 0.299 e. The second kappa shape index (κ2) is 5.75. The van der Waals surface area contributed by atoms with Gasteiger partial charge in [0.15, 0.2) is 0 Å². The van der Waals surface area contributed by atoms with E-state index in [9.17, 15) is 9.59 Å². The van der Waals surface area contributed by atoms with Crippen LogP contribution in [0, 0.1) is 19.8 Å². The van der Waals surface area contributed by atoms with Crippen molar-refractivity contribution in [1.82, 2.24) is 5.32 Å². The van der Waals surface area contributed by atoms with Gasteiger partial charge in [-0.15, -0.1) is 0 Å². The summed E-state index contributed by atoms with van der Waals surface area (Å²) < 4.78 is 0. The lowest BCUT2D eigenvalue weighted by molar-refractivity contribution is -0.114. The van der Waals surface area contributed by atoms with E-state index in [4.69, 9.17) is 0 Å². The van der Waals surface area contributed by atoms with E-state index in [0.29, 0.717) is 18.0 Å². The Hall–Kier alpha value is -1.68. The molecule has 1 unspecified atom stereocenters. The first-order chi connectivity index (χ1) is 9.47. The summed E-state index contributed by atoms with van der Waals surface area (Å²) in [6.45, 7) is 10.4. The van der Waals surface area contributed by atoms with Crippen LogP contribution in [0.5, 0.6) is 0 Å². The van der Waals surface area contributed by atoms with E-state index in [-0.39, 0.29) is 5.78 Å². The molecule has 1 N–H and O–H groups in total. The second-order valence-corrected chi connectivity index (χ2v) is 5.56. The van der Waals surface area contributed by atoms with Gasteiger partial charge in [0.1, 0.15) is 0 Å². The molecule has 2 rings (SSSR count). The fourth-order valence-corrected chi connectivity index (χ4v) is 2.61. The molecule has 0 bridgehead atoms. The molecule has 0 saturated heterocycles. The van der Waals surface area contributed by atoms with Crippen LogP contribution in [0.25, 0.3) is 0 Å². The van der Waals surface area contributed by atoms with E-state index in [0.717, 1.165) is 29.9 Å². The first kappa shape index (κ1) is 14.7. The Labute approximate surface area is 120 Å². The number of rotatable bonds is 5. The quantitative estimate of drug-likeness (QED) is 0.836. The van der Waals surface area contributed by atoms with Crippen molar-refractivity contribution in [3.8, 4) is 0 Å². The number of hydrogen-bond donors (Lipinski definition) is 1. The molecule has 0 aliphatic carbocycles. The minimum absolute atomic E-state index is 0.303. The maximum atomic E-state index is 12.2. The van der Waals surface area contributed by atoms with E-state index in [1.165, 1.54) is 0 Å². The Morgan fingerprint density at radius 2 is 1.95 bits per heavy atom. The third-order valence-electron chi connectivity index (χ3n) is 3.89. The van der Waals surface area contributed by atoms with Gasteiger partial charge in [-0.1, -0.05) is 19.9 Å². The number of carbonyl (C=O) groups excluding carboxylic acids is 2. The zero-order valence-electron chi connectivity index (χ0n) is 12.6. The Bertz CT molecular complexity index is 552. The highest BCUT2D eigenvalue weighted by Crippen LogP contribution is 2.34. The third-order valence-corrected chi connectivity index (χ3v) is 3.89. The fourth-order valence-electron chi connectivity index (χ4n) is 2.61. The lowest BCUT2D eigenvalue weighted by Gasteiger charge is -2.23. The first-order valence-corrected chi connectivity index (χ1v) is 7.14. The molecular formula is C16H22N2O2. The summed E-state index contributed by atoms with van der Waals surface area (Å²) in [5.74, 6) is -0.464. The fraction of sp³-hybridized carbons (Fsp3) is 0.500. The standard InChI is InChI=1S/C16H22N2O2/c1-5-17-8-10(2)9-18-14-12(4)11(3)6-7-13(14)15(19)16(18)20/h6-7,10,17H,5,8-9H2,1-4H3. The van der Waals surface area contributed by atoms with Crippen LogP contribution in [0.4, 0.5) is 5.69 Å². The molecule has 108 valence electrons. The van der Waals surface area contributed by atoms with Crippen molar-refractivity contribution in [2.45, 2.75) is 27.7 Å². The van der Waals surface area contributed by atoms with Gasteiger partial charge in [-0.3, -0.25) is 9.59 Å². The van der Waals surface area contributed by atoms with Gasteiger partial charge < -0.3 is 10.2 Å². The summed E-state index contributed by atoms with van der Waals surface area (Å²) in [6, 6.07) is 3.68. The Morgan fingerprint density at radius 1 is 1.25 bits per heavy atom. The van der Waals surface area contributed by atoms with E-state index in [2.05, 4.69) is 19.2 Å². The molecule has 1 heterocycles. The molecule has 0 saturated carbocycles. The van der Waals surface area contributed by atoms with Crippen molar-refractivity contribution in [2.75, 3.05) is 24.5 Å². The molecule has 1 aromatic rings. The van der Waals surface area contributed by atoms with Crippen molar-refractivity contribution in [3.05, 3.63) is 28.8 Å². The molecule has 1 aliphatic heterocycles. The van der Waals surface area contributed by atoms with Crippen LogP contribution in [0.2, 0.25) is 0 Å². The average Bonchev–Trinajstić information content (AvgIpc) is 2.66. The van der Waals surface area contributed by atoms with Crippen molar-refractivity contribution in [3.63, 3.8) is 0 Å². The van der Waals surface area contributed by atoms with Crippen molar-refractivity contribution < 1.29 is 9.59 Å². The van der Waals surface area contributed by atoms with E-state index in [1.807, 2.05) is 19.9 Å². The Balaban J connectivity index is 2.30. The van der Waals surface area contributed by atoms with Crippen LogP contribution in [0.15, 0.2) is 12.1 Å². The minimum atomic E-state index is -0.392. The summed E-state index contributed by atoms with van der Waals surface area (Å²) in [4.78, 5) is 25.9. The highest BCUT2D eigenvalue weighted by molar-refractivity contribution is 6.52. The predicted octanol–water partition coefficient (Wildman–Crippen LogP) is 2.08. The number of carbonyl (C=O) groups is 2. The molecule has 1 amide bonds. The van der Waals surface area contributed by atoms with Gasteiger partial charge in [0.2, 0.25) is 0 Å². The Kier molecular flexibility index (Phi) is 4.23. The molecule has 1 atom stereocenters. The number of ketones is 1. The first-order valence-electron chi connectivity index (χ1n) is 7.14. The summed E-state index contributed by atoms with van der Waals surface area (Å²) in [5.41, 5.74) is 3.49. The highest BCUT2D eigenvalue weighted by Gasteiger charge is 2.37. The molecule has 1 aliphatic rings. The van der Waals surface area contributed by atoms with E-state index in [1.54, 1.807) is 11.0 Å². The molecule has 0 fully saturated rings. The third kappa shape index (κ3) is 2.48. The summed E-state index contributed by atoms with van der Waals surface area (Å²) in [5, 5.41) is 3.28. The van der Waals surface area contributed by atoms with Crippen molar-refractivity contribution >= 4 is 17.4 Å². The van der Waals surface area contributed by atoms with Crippen LogP contribution < -0.4 is 10.2 Å². The van der Waals surface area contributed by atoms with Crippen molar-refractivity contribution in [2.24, 2.45) is 5.92 Å². The Morgan fingerprint density at radius 3 is 2.60 bits per heavy atom. The van der Waals surface area contributed by atoms with Crippen molar-refractivity contribution in [1.29, 1.82) is 0 Å². The summed E-state index contributed by atoms with van der Waals surface area (Å²) >= 11 is 0.